The molecule has 0 saturated carbocycles. The van der Waals surface area contributed by atoms with Gasteiger partial charge in [-0.2, -0.15) is 0 Å². The first-order chi connectivity index (χ1) is 10.7. The van der Waals surface area contributed by atoms with Crippen LogP contribution >= 0.6 is 11.3 Å². The monoisotopic (exact) mass is 325 g/mol. The maximum Gasteiger partial charge on any atom is 0.240 e. The Labute approximate surface area is 134 Å². The lowest BCUT2D eigenvalue weighted by Crippen LogP contribution is -2.51. The molecule has 1 aromatic heterocycles. The summed E-state index contributed by atoms with van der Waals surface area (Å²) in [6, 6.07) is 0.633. The summed E-state index contributed by atoms with van der Waals surface area (Å²) in [5.74, 6) is -0.00445. The van der Waals surface area contributed by atoms with Crippen LogP contribution in [0, 0.1) is 0 Å². The van der Waals surface area contributed by atoms with Crippen LogP contribution < -0.4 is 5.32 Å². The zero-order valence-electron chi connectivity index (χ0n) is 12.9. The molecule has 1 N–H and O–H groups in total. The summed E-state index contributed by atoms with van der Waals surface area (Å²) >= 11 is 1.34. The van der Waals surface area contributed by atoms with Gasteiger partial charge in [-0.1, -0.05) is 11.3 Å². The van der Waals surface area contributed by atoms with Gasteiger partial charge >= 0.3 is 0 Å². The third-order valence-electron chi connectivity index (χ3n) is 4.32. The average Bonchev–Trinajstić information content (AvgIpc) is 3.01. The molecular formula is C14H23N5O2S. The van der Waals surface area contributed by atoms with Crippen molar-refractivity contribution in [1.29, 1.82) is 0 Å². The fraction of sp³-hybridized carbons (Fsp3) is 0.786. The largest absolute Gasteiger partial charge is 0.376 e. The minimum absolute atomic E-state index is 0.00445. The molecule has 22 heavy (non-hydrogen) atoms. The van der Waals surface area contributed by atoms with E-state index in [2.05, 4.69) is 32.2 Å². The molecule has 2 fully saturated rings. The zero-order valence-corrected chi connectivity index (χ0v) is 13.7. The number of piperidine rings is 1. The average molecular weight is 325 g/mol. The van der Waals surface area contributed by atoms with Crippen LogP contribution in [0.4, 0.5) is 5.13 Å². The molecule has 8 heteroatoms. The molecular weight excluding hydrogens is 302 g/mol. The van der Waals surface area contributed by atoms with E-state index in [1.165, 1.54) is 11.3 Å². The molecule has 2 aliphatic heterocycles. The molecule has 1 aromatic rings. The predicted molar refractivity (Wildman–Crippen MR) is 85.0 cm³/mol. The number of nitrogens with zero attached hydrogens (tertiary/aromatic N) is 4. The van der Waals surface area contributed by atoms with Gasteiger partial charge in [-0.25, -0.2) is 0 Å². The number of ether oxygens (including phenoxy) is 1. The summed E-state index contributed by atoms with van der Waals surface area (Å²) in [6.07, 6.45) is 2.59. The SMILES string of the molecule is C[C@@H]1CN(C2CCN(CC(=O)Nc3nncs3)CC2)CCO1. The van der Waals surface area contributed by atoms with Gasteiger partial charge in [-0.3, -0.25) is 19.9 Å². The molecule has 0 bridgehead atoms. The lowest BCUT2D eigenvalue weighted by Gasteiger charge is -2.41. The maximum absolute atomic E-state index is 12.0. The summed E-state index contributed by atoms with van der Waals surface area (Å²) in [5.41, 5.74) is 1.62. The van der Waals surface area contributed by atoms with Crippen molar-refractivity contribution in [3.8, 4) is 0 Å². The number of carbonyl (C=O) groups excluding carboxylic acids is 1. The highest BCUT2D eigenvalue weighted by molar-refractivity contribution is 7.13. The van der Waals surface area contributed by atoms with Crippen molar-refractivity contribution in [3.63, 3.8) is 0 Å². The highest BCUT2D eigenvalue weighted by Gasteiger charge is 2.28. The van der Waals surface area contributed by atoms with Crippen LogP contribution in [-0.4, -0.2) is 77.4 Å². The van der Waals surface area contributed by atoms with Crippen molar-refractivity contribution >= 4 is 22.4 Å². The number of rotatable bonds is 4. The van der Waals surface area contributed by atoms with E-state index in [1.807, 2.05) is 0 Å². The normalized spacial score (nSPS) is 25.2. The second-order valence-electron chi connectivity index (χ2n) is 5.98. The predicted octanol–water partition coefficient (Wildman–Crippen LogP) is 0.662. The molecule has 0 unspecified atom stereocenters. The summed E-state index contributed by atoms with van der Waals surface area (Å²) in [6.45, 7) is 7.42. The lowest BCUT2D eigenvalue weighted by atomic mass is 10.0. The molecule has 2 saturated heterocycles. The Morgan fingerprint density at radius 3 is 2.95 bits per heavy atom. The molecule has 1 atom stereocenters. The van der Waals surface area contributed by atoms with Crippen LogP contribution in [0.15, 0.2) is 5.51 Å². The van der Waals surface area contributed by atoms with Crippen LogP contribution in [0.2, 0.25) is 0 Å². The van der Waals surface area contributed by atoms with Crippen molar-refractivity contribution in [2.45, 2.75) is 31.9 Å². The maximum atomic E-state index is 12.0. The summed E-state index contributed by atoms with van der Waals surface area (Å²) in [7, 11) is 0. The molecule has 0 spiro atoms. The third kappa shape index (κ3) is 4.22. The summed E-state index contributed by atoms with van der Waals surface area (Å²) in [5, 5.41) is 10.9. The number of amides is 1. The minimum atomic E-state index is -0.00445. The summed E-state index contributed by atoms with van der Waals surface area (Å²) in [4.78, 5) is 16.7. The van der Waals surface area contributed by atoms with E-state index in [0.717, 1.165) is 45.6 Å². The first-order valence-electron chi connectivity index (χ1n) is 7.85. The van der Waals surface area contributed by atoms with Gasteiger partial charge in [-0.15, -0.1) is 10.2 Å². The quantitative estimate of drug-likeness (QED) is 0.877. The van der Waals surface area contributed by atoms with Crippen LogP contribution in [0.5, 0.6) is 0 Å². The number of likely N-dealkylation sites (tertiary alicyclic amines) is 1. The van der Waals surface area contributed by atoms with Crippen molar-refractivity contribution in [2.24, 2.45) is 0 Å². The van der Waals surface area contributed by atoms with Gasteiger partial charge in [0.2, 0.25) is 11.0 Å². The van der Waals surface area contributed by atoms with E-state index in [1.54, 1.807) is 5.51 Å². The number of aromatic nitrogens is 2. The van der Waals surface area contributed by atoms with Gasteiger partial charge in [0.1, 0.15) is 5.51 Å². The second kappa shape index (κ2) is 7.45. The van der Waals surface area contributed by atoms with Gasteiger partial charge in [0.25, 0.3) is 0 Å². The zero-order chi connectivity index (χ0) is 15.4. The van der Waals surface area contributed by atoms with Gasteiger partial charge < -0.3 is 4.74 Å². The Kier molecular flexibility index (Phi) is 5.35. The first-order valence-corrected chi connectivity index (χ1v) is 8.72. The summed E-state index contributed by atoms with van der Waals surface area (Å²) < 4.78 is 5.61. The standard InChI is InChI=1S/C14H23N5O2S/c1-11-8-19(6-7-21-11)12-2-4-18(5-3-12)9-13(20)16-14-17-15-10-22-14/h10-12H,2-9H2,1H3,(H,16,17,20)/t11-/m1/s1. The van der Waals surface area contributed by atoms with Crippen molar-refractivity contribution < 1.29 is 9.53 Å². The number of carbonyl (C=O) groups is 1. The molecule has 122 valence electrons. The van der Waals surface area contributed by atoms with Gasteiger partial charge in [0.15, 0.2) is 0 Å². The van der Waals surface area contributed by atoms with Crippen LogP contribution in [0.25, 0.3) is 0 Å². The van der Waals surface area contributed by atoms with Gasteiger partial charge in [-0.05, 0) is 19.8 Å². The molecule has 2 aliphatic rings. The third-order valence-corrected chi connectivity index (χ3v) is 4.93. The lowest BCUT2D eigenvalue weighted by molar-refractivity contribution is -0.117. The van der Waals surface area contributed by atoms with E-state index in [-0.39, 0.29) is 5.91 Å². The number of hydrogen-bond acceptors (Lipinski definition) is 7. The van der Waals surface area contributed by atoms with Gasteiger partial charge in [0.05, 0.1) is 19.3 Å². The number of nitrogens with one attached hydrogen (secondary N) is 1. The fourth-order valence-electron chi connectivity index (χ4n) is 3.21. The van der Waals surface area contributed by atoms with Crippen LogP contribution in [-0.2, 0) is 9.53 Å². The molecule has 1 amide bonds. The van der Waals surface area contributed by atoms with Crippen molar-refractivity contribution in [1.82, 2.24) is 20.0 Å². The molecule has 3 heterocycles. The van der Waals surface area contributed by atoms with E-state index < -0.39 is 0 Å². The Balaban J connectivity index is 1.40. The van der Waals surface area contributed by atoms with Crippen LogP contribution in [0.3, 0.4) is 0 Å². The fourth-order valence-corrected chi connectivity index (χ4v) is 3.67. The smallest absolute Gasteiger partial charge is 0.240 e. The Bertz CT molecular complexity index is 476. The first kappa shape index (κ1) is 15.8. The van der Waals surface area contributed by atoms with Crippen molar-refractivity contribution in [2.75, 3.05) is 44.6 Å². The molecule has 0 aromatic carbocycles. The number of morpholine rings is 1. The Hall–Kier alpha value is -1.09. The Morgan fingerprint density at radius 2 is 2.27 bits per heavy atom. The number of hydrogen-bond donors (Lipinski definition) is 1. The molecule has 3 rings (SSSR count). The topological polar surface area (TPSA) is 70.6 Å². The second-order valence-corrected chi connectivity index (χ2v) is 6.81. The molecule has 7 nitrogen and oxygen atoms in total. The molecule has 0 radical (unpaired) electrons. The van der Waals surface area contributed by atoms with Crippen LogP contribution in [0.1, 0.15) is 19.8 Å². The molecule has 0 aliphatic carbocycles. The Morgan fingerprint density at radius 1 is 1.45 bits per heavy atom. The van der Waals surface area contributed by atoms with E-state index in [0.29, 0.717) is 23.8 Å². The van der Waals surface area contributed by atoms with E-state index in [9.17, 15) is 4.79 Å². The van der Waals surface area contributed by atoms with Gasteiger partial charge in [0, 0.05) is 32.2 Å². The van der Waals surface area contributed by atoms with Crippen molar-refractivity contribution in [3.05, 3.63) is 5.51 Å². The highest BCUT2D eigenvalue weighted by atomic mass is 32.1. The highest BCUT2D eigenvalue weighted by Crippen LogP contribution is 2.19. The van der Waals surface area contributed by atoms with E-state index >= 15 is 0 Å². The minimum Gasteiger partial charge on any atom is -0.376 e. The number of anilines is 1. The van der Waals surface area contributed by atoms with E-state index in [4.69, 9.17) is 4.74 Å².